The van der Waals surface area contributed by atoms with Crippen molar-refractivity contribution < 1.29 is 4.74 Å². The Morgan fingerprint density at radius 2 is 2.23 bits per heavy atom. The quantitative estimate of drug-likeness (QED) is 0.654. The van der Waals surface area contributed by atoms with Gasteiger partial charge in [-0.3, -0.25) is 0 Å². The number of nitrogens with zero attached hydrogens (tertiary/aromatic N) is 1. The van der Waals surface area contributed by atoms with E-state index in [1.807, 2.05) is 0 Å². The molecular weight excluding hydrogens is 162 g/mol. The van der Waals surface area contributed by atoms with Gasteiger partial charge in [-0.2, -0.15) is 0 Å². The fourth-order valence-electron chi connectivity index (χ4n) is 1.50. The van der Waals surface area contributed by atoms with Gasteiger partial charge in [-0.1, -0.05) is 24.3 Å². The van der Waals surface area contributed by atoms with E-state index in [1.54, 1.807) is 0 Å². The van der Waals surface area contributed by atoms with Gasteiger partial charge in [0.1, 0.15) is 6.10 Å². The van der Waals surface area contributed by atoms with E-state index in [2.05, 4.69) is 43.3 Å². The lowest BCUT2D eigenvalue weighted by atomic mass is 10.1. The van der Waals surface area contributed by atoms with Crippen molar-refractivity contribution in [3.63, 3.8) is 0 Å². The molecule has 1 aromatic carbocycles. The minimum Gasteiger partial charge on any atom is -0.368 e. The van der Waals surface area contributed by atoms with E-state index < -0.39 is 0 Å². The van der Waals surface area contributed by atoms with Crippen molar-refractivity contribution in [1.82, 2.24) is 4.90 Å². The smallest absolute Gasteiger partial charge is 0.106 e. The first-order valence-corrected chi connectivity index (χ1v) is 4.61. The maximum atomic E-state index is 5.24. The molecule has 1 aromatic rings. The Balaban J connectivity index is 2.12. The molecule has 0 amide bonds. The molecule has 70 valence electrons. The molecule has 1 aliphatic heterocycles. The molecule has 0 aromatic heterocycles. The second kappa shape index (κ2) is 3.48. The first-order valence-electron chi connectivity index (χ1n) is 4.61. The molecule has 2 nitrogen and oxygen atoms in total. The summed E-state index contributed by atoms with van der Waals surface area (Å²) in [5.41, 5.74) is 2.68. The summed E-state index contributed by atoms with van der Waals surface area (Å²) in [6, 6.07) is 8.64. The molecule has 2 rings (SSSR count). The molecule has 0 radical (unpaired) electrons. The van der Waals surface area contributed by atoms with Crippen molar-refractivity contribution in [3.05, 3.63) is 35.4 Å². The van der Waals surface area contributed by atoms with Crippen LogP contribution in [0.2, 0.25) is 0 Å². The maximum Gasteiger partial charge on any atom is 0.106 e. The Bertz CT molecular complexity index is 292. The largest absolute Gasteiger partial charge is 0.368 e. The zero-order chi connectivity index (χ0) is 9.26. The Morgan fingerprint density at radius 3 is 2.85 bits per heavy atom. The molecule has 0 unspecified atom stereocenters. The Morgan fingerprint density at radius 1 is 1.46 bits per heavy atom. The number of ether oxygens (including phenoxy) is 1. The Kier molecular flexibility index (Phi) is 2.34. The lowest BCUT2D eigenvalue weighted by Gasteiger charge is -2.09. The predicted octanol–water partition coefficient (Wildman–Crippen LogP) is 1.82. The topological polar surface area (TPSA) is 15.8 Å². The zero-order valence-corrected chi connectivity index (χ0v) is 8.16. The standard InChI is InChI=1S/C11H15NO/c1-12(2)7-9-4-3-5-10(6-9)11-8-13-11/h3-6,11H,7-8H2,1-2H3/t11-/m1/s1. The van der Waals surface area contributed by atoms with Crippen LogP contribution in [-0.4, -0.2) is 25.6 Å². The van der Waals surface area contributed by atoms with Crippen LogP contribution in [0.4, 0.5) is 0 Å². The fraction of sp³-hybridized carbons (Fsp3) is 0.455. The molecule has 0 bridgehead atoms. The number of rotatable bonds is 3. The van der Waals surface area contributed by atoms with Gasteiger partial charge >= 0.3 is 0 Å². The Labute approximate surface area is 79.1 Å². The average Bonchev–Trinajstić information content (AvgIpc) is 2.85. The molecule has 1 saturated heterocycles. The number of epoxide rings is 1. The Hall–Kier alpha value is -0.860. The van der Waals surface area contributed by atoms with Crippen LogP contribution >= 0.6 is 0 Å². The van der Waals surface area contributed by atoms with E-state index in [-0.39, 0.29) is 0 Å². The molecule has 0 spiro atoms. The zero-order valence-electron chi connectivity index (χ0n) is 8.16. The van der Waals surface area contributed by atoms with Gasteiger partial charge in [0.25, 0.3) is 0 Å². The van der Waals surface area contributed by atoms with Crippen LogP contribution in [0.25, 0.3) is 0 Å². The number of benzene rings is 1. The van der Waals surface area contributed by atoms with Crippen molar-refractivity contribution >= 4 is 0 Å². The normalized spacial score (nSPS) is 20.7. The van der Waals surface area contributed by atoms with Crippen molar-refractivity contribution in [1.29, 1.82) is 0 Å². The average molecular weight is 177 g/mol. The van der Waals surface area contributed by atoms with Gasteiger partial charge in [0.15, 0.2) is 0 Å². The highest BCUT2D eigenvalue weighted by molar-refractivity contribution is 5.26. The fourth-order valence-corrected chi connectivity index (χ4v) is 1.50. The highest BCUT2D eigenvalue weighted by Crippen LogP contribution is 2.29. The third kappa shape index (κ3) is 2.29. The van der Waals surface area contributed by atoms with Crippen LogP contribution < -0.4 is 0 Å². The van der Waals surface area contributed by atoms with Gasteiger partial charge < -0.3 is 9.64 Å². The summed E-state index contributed by atoms with van der Waals surface area (Å²) in [7, 11) is 4.17. The summed E-state index contributed by atoms with van der Waals surface area (Å²) in [5.74, 6) is 0. The highest BCUT2D eigenvalue weighted by Gasteiger charge is 2.24. The van der Waals surface area contributed by atoms with Crippen LogP contribution in [0.1, 0.15) is 17.2 Å². The van der Waals surface area contributed by atoms with Crippen LogP contribution in [0.3, 0.4) is 0 Å². The summed E-state index contributed by atoms with van der Waals surface area (Å²) >= 11 is 0. The van der Waals surface area contributed by atoms with Crippen molar-refractivity contribution in [2.45, 2.75) is 12.6 Å². The van der Waals surface area contributed by atoms with Crippen LogP contribution in [0.5, 0.6) is 0 Å². The molecule has 0 aliphatic carbocycles. The minimum atomic E-state index is 0.377. The third-order valence-corrected chi connectivity index (χ3v) is 2.15. The monoisotopic (exact) mass is 177 g/mol. The first kappa shape index (κ1) is 8.73. The lowest BCUT2D eigenvalue weighted by Crippen LogP contribution is -2.10. The van der Waals surface area contributed by atoms with Crippen LogP contribution in [0, 0.1) is 0 Å². The van der Waals surface area contributed by atoms with Gasteiger partial charge in [0.05, 0.1) is 6.61 Å². The van der Waals surface area contributed by atoms with Crippen molar-refractivity contribution in [2.75, 3.05) is 20.7 Å². The van der Waals surface area contributed by atoms with E-state index in [0.29, 0.717) is 6.10 Å². The highest BCUT2D eigenvalue weighted by atomic mass is 16.6. The lowest BCUT2D eigenvalue weighted by molar-refractivity contribution is 0.400. The molecule has 1 heterocycles. The van der Waals surface area contributed by atoms with Gasteiger partial charge in [0, 0.05) is 6.54 Å². The molecule has 0 saturated carbocycles. The SMILES string of the molecule is CN(C)Cc1cccc([C@H]2CO2)c1. The summed E-state index contributed by atoms with van der Waals surface area (Å²) in [4.78, 5) is 2.17. The van der Waals surface area contributed by atoms with Gasteiger partial charge in [-0.25, -0.2) is 0 Å². The van der Waals surface area contributed by atoms with Crippen LogP contribution in [-0.2, 0) is 11.3 Å². The summed E-state index contributed by atoms with van der Waals surface area (Å²) in [6.45, 7) is 1.89. The molecule has 0 N–H and O–H groups in total. The van der Waals surface area contributed by atoms with Gasteiger partial charge in [0.2, 0.25) is 0 Å². The minimum absolute atomic E-state index is 0.377. The van der Waals surface area contributed by atoms with E-state index in [0.717, 1.165) is 13.2 Å². The maximum absolute atomic E-state index is 5.24. The van der Waals surface area contributed by atoms with E-state index in [9.17, 15) is 0 Å². The predicted molar refractivity (Wildman–Crippen MR) is 52.5 cm³/mol. The van der Waals surface area contributed by atoms with E-state index >= 15 is 0 Å². The molecule has 1 aliphatic rings. The molecule has 13 heavy (non-hydrogen) atoms. The van der Waals surface area contributed by atoms with Gasteiger partial charge in [-0.05, 0) is 25.2 Å². The summed E-state index contributed by atoms with van der Waals surface area (Å²) in [6.07, 6.45) is 0.377. The van der Waals surface area contributed by atoms with Crippen molar-refractivity contribution in [3.8, 4) is 0 Å². The molecule has 2 heteroatoms. The third-order valence-electron chi connectivity index (χ3n) is 2.15. The molecule has 1 atom stereocenters. The van der Waals surface area contributed by atoms with Crippen LogP contribution in [0.15, 0.2) is 24.3 Å². The van der Waals surface area contributed by atoms with E-state index in [4.69, 9.17) is 4.74 Å². The summed E-state index contributed by atoms with van der Waals surface area (Å²) in [5, 5.41) is 0. The summed E-state index contributed by atoms with van der Waals surface area (Å²) < 4.78 is 5.24. The molecule has 1 fully saturated rings. The van der Waals surface area contributed by atoms with Gasteiger partial charge in [-0.15, -0.1) is 0 Å². The van der Waals surface area contributed by atoms with Crippen molar-refractivity contribution in [2.24, 2.45) is 0 Å². The number of hydrogen-bond donors (Lipinski definition) is 0. The molecular formula is C11H15NO. The first-order chi connectivity index (χ1) is 6.25. The second-order valence-corrected chi connectivity index (χ2v) is 3.80. The number of hydrogen-bond acceptors (Lipinski definition) is 2. The van der Waals surface area contributed by atoms with E-state index in [1.165, 1.54) is 11.1 Å². The second-order valence-electron chi connectivity index (χ2n) is 3.80.